The molecule has 0 unspecified atom stereocenters. The van der Waals surface area contributed by atoms with Gasteiger partial charge in [0.05, 0.1) is 0 Å². The first-order valence-electron chi connectivity index (χ1n) is 1.67. The third-order valence-corrected chi connectivity index (χ3v) is 1.03. The molecule has 1 heteroatoms. The van der Waals surface area contributed by atoms with Gasteiger partial charge in [0.2, 0.25) is 0 Å². The molecule has 0 rings (SSSR count). The van der Waals surface area contributed by atoms with Gasteiger partial charge in [0.1, 0.15) is 0 Å². The molecule has 5 heavy (non-hydrogen) atoms. The van der Waals surface area contributed by atoms with Gasteiger partial charge < -0.3 is 0 Å². The molecule has 0 nitrogen and oxygen atoms in total. The summed E-state index contributed by atoms with van der Waals surface area (Å²) in [6, 6.07) is 0. The van der Waals surface area contributed by atoms with Crippen LogP contribution in [0.15, 0.2) is 12.2 Å². The van der Waals surface area contributed by atoms with E-state index in [0.717, 1.165) is 0 Å². The van der Waals surface area contributed by atoms with Crippen LogP contribution in [-0.2, 0) is 0 Å². The zero-order valence-corrected chi connectivity index (χ0v) is 6.22. The van der Waals surface area contributed by atoms with Gasteiger partial charge in [-0.15, -0.1) is 0 Å². The molecule has 0 aromatic heterocycles. The second-order valence-electron chi connectivity index (χ2n) is 0.773. The van der Waals surface area contributed by atoms with Crippen molar-refractivity contribution in [2.24, 2.45) is 0 Å². The summed E-state index contributed by atoms with van der Waals surface area (Å²) in [5.74, 6) is 0. The first kappa shape index (κ1) is 5.54. The zero-order valence-electron chi connectivity index (χ0n) is 3.36. The van der Waals surface area contributed by atoms with E-state index in [-0.39, 0.29) is 0 Å². The number of hydrogen-bond donors (Lipinski definition) is 0. The standard InChI is InChI=1S/C4H7.Sn/c1-3-4-2;/h3-4H,1H2,2H3;. The van der Waals surface area contributed by atoms with Gasteiger partial charge in [-0.2, -0.15) is 0 Å². The van der Waals surface area contributed by atoms with E-state index in [0.29, 0.717) is 0 Å². The SMILES string of the molecule is CC=C[CH2][Sn]. The third-order valence-electron chi connectivity index (χ3n) is 0.354. The molecule has 0 aromatic rings. The molecule has 0 aliphatic rings. The Morgan fingerprint density at radius 3 is 2.40 bits per heavy atom. The van der Waals surface area contributed by atoms with E-state index in [1.807, 2.05) is 6.92 Å². The average molecular weight is 174 g/mol. The van der Waals surface area contributed by atoms with E-state index >= 15 is 0 Å². The van der Waals surface area contributed by atoms with Gasteiger partial charge >= 0.3 is 46.0 Å². The summed E-state index contributed by atoms with van der Waals surface area (Å²) >= 11 is 1.60. The minimum atomic E-state index is 1.25. The third kappa shape index (κ3) is 4.54. The summed E-state index contributed by atoms with van der Waals surface area (Å²) in [7, 11) is 0. The predicted molar refractivity (Wildman–Crippen MR) is 25.4 cm³/mol. The molecule has 0 fully saturated rings. The summed E-state index contributed by atoms with van der Waals surface area (Å²) in [4.78, 5) is 0. The summed E-state index contributed by atoms with van der Waals surface area (Å²) in [5.41, 5.74) is 0. The Labute approximate surface area is 46.4 Å². The van der Waals surface area contributed by atoms with Crippen molar-refractivity contribution < 1.29 is 0 Å². The molecular weight excluding hydrogens is 167 g/mol. The van der Waals surface area contributed by atoms with Gasteiger partial charge in [0.25, 0.3) is 0 Å². The zero-order chi connectivity index (χ0) is 4.12. The maximum atomic E-state index is 2.16. The van der Waals surface area contributed by atoms with Crippen LogP contribution in [0.2, 0.25) is 4.44 Å². The van der Waals surface area contributed by atoms with Crippen molar-refractivity contribution in [1.82, 2.24) is 0 Å². The van der Waals surface area contributed by atoms with E-state index in [1.54, 1.807) is 22.5 Å². The first-order chi connectivity index (χ1) is 2.41. The Bertz CT molecular complexity index is 30.6. The van der Waals surface area contributed by atoms with Crippen LogP contribution in [0.1, 0.15) is 6.92 Å². The van der Waals surface area contributed by atoms with Crippen LogP contribution in [0, 0.1) is 0 Å². The molecule has 0 saturated heterocycles. The molecule has 0 spiro atoms. The van der Waals surface area contributed by atoms with Crippen LogP contribution in [0.5, 0.6) is 0 Å². The molecular formula is C4H7Sn. The van der Waals surface area contributed by atoms with Crippen LogP contribution >= 0.6 is 0 Å². The Morgan fingerprint density at radius 1 is 1.80 bits per heavy atom. The molecule has 0 aromatic carbocycles. The summed E-state index contributed by atoms with van der Waals surface area (Å²) in [5, 5.41) is 0. The van der Waals surface area contributed by atoms with E-state index in [9.17, 15) is 0 Å². The van der Waals surface area contributed by atoms with Crippen molar-refractivity contribution in [3.63, 3.8) is 0 Å². The van der Waals surface area contributed by atoms with Gasteiger partial charge in [-0.1, -0.05) is 0 Å². The van der Waals surface area contributed by atoms with Crippen LogP contribution < -0.4 is 0 Å². The van der Waals surface area contributed by atoms with E-state index < -0.39 is 0 Å². The van der Waals surface area contributed by atoms with Crippen molar-refractivity contribution in [2.75, 3.05) is 0 Å². The van der Waals surface area contributed by atoms with Gasteiger partial charge in [-0.25, -0.2) is 0 Å². The second kappa shape index (κ2) is 4.54. The fraction of sp³-hybridized carbons (Fsp3) is 0.500. The normalized spacial score (nSPS) is 10.0. The predicted octanol–water partition coefficient (Wildman–Crippen LogP) is 1.15. The van der Waals surface area contributed by atoms with Crippen LogP contribution in [0.4, 0.5) is 0 Å². The molecule has 0 aliphatic carbocycles. The van der Waals surface area contributed by atoms with Gasteiger partial charge in [0.15, 0.2) is 0 Å². The van der Waals surface area contributed by atoms with Crippen molar-refractivity contribution in [3.8, 4) is 0 Å². The quantitative estimate of drug-likeness (QED) is 0.413. The molecule has 0 amide bonds. The van der Waals surface area contributed by atoms with Crippen molar-refractivity contribution in [1.29, 1.82) is 0 Å². The minimum absolute atomic E-state index is 1.25. The average Bonchev–Trinajstić information content (AvgIpc) is 1.41. The topological polar surface area (TPSA) is 0 Å². The number of rotatable bonds is 1. The van der Waals surface area contributed by atoms with E-state index in [4.69, 9.17) is 0 Å². The van der Waals surface area contributed by atoms with Crippen LogP contribution in [0.3, 0.4) is 0 Å². The molecule has 3 radical (unpaired) electrons. The summed E-state index contributed by atoms with van der Waals surface area (Å²) in [6.45, 7) is 2.05. The Kier molecular flexibility index (Phi) is 5.03. The Hall–Kier alpha value is 0.539. The molecule has 0 N–H and O–H groups in total. The van der Waals surface area contributed by atoms with Gasteiger partial charge in [-0.3, -0.25) is 0 Å². The molecule has 0 bridgehead atoms. The summed E-state index contributed by atoms with van der Waals surface area (Å²) < 4.78 is 1.25. The van der Waals surface area contributed by atoms with Crippen molar-refractivity contribution in [2.45, 2.75) is 11.4 Å². The molecule has 0 heterocycles. The molecule has 0 aliphatic heterocycles. The fourth-order valence-electron chi connectivity index (χ4n) is 0.118. The molecule has 0 saturated carbocycles. The number of allylic oxidation sites excluding steroid dienone is 2. The molecule has 0 atom stereocenters. The fourth-order valence-corrected chi connectivity index (χ4v) is 0.791. The van der Waals surface area contributed by atoms with Crippen molar-refractivity contribution in [3.05, 3.63) is 12.2 Å². The Balaban J connectivity index is 2.62. The summed E-state index contributed by atoms with van der Waals surface area (Å²) in [6.07, 6.45) is 4.24. The number of hydrogen-bond acceptors (Lipinski definition) is 0. The van der Waals surface area contributed by atoms with Crippen LogP contribution in [-0.4, -0.2) is 22.5 Å². The van der Waals surface area contributed by atoms with Gasteiger partial charge in [-0.05, 0) is 0 Å². The van der Waals surface area contributed by atoms with E-state index in [1.165, 1.54) is 4.44 Å². The van der Waals surface area contributed by atoms with Gasteiger partial charge in [0, 0.05) is 0 Å². The maximum absolute atomic E-state index is 2.16. The van der Waals surface area contributed by atoms with Crippen molar-refractivity contribution >= 4 is 22.5 Å². The Morgan fingerprint density at radius 2 is 2.40 bits per heavy atom. The van der Waals surface area contributed by atoms with E-state index in [2.05, 4.69) is 12.2 Å². The second-order valence-corrected chi connectivity index (χ2v) is 1.94. The monoisotopic (exact) mass is 175 g/mol. The molecule has 27 valence electrons. The first-order valence-corrected chi connectivity index (χ1v) is 3.69. The van der Waals surface area contributed by atoms with Crippen LogP contribution in [0.25, 0.3) is 0 Å².